The van der Waals surface area contributed by atoms with E-state index in [1.165, 1.54) is 24.3 Å². The first-order chi connectivity index (χ1) is 13.4. The molecule has 28 heavy (non-hydrogen) atoms. The number of hydrogen-bond acceptors (Lipinski definition) is 6. The second-order valence-corrected chi connectivity index (χ2v) is 6.42. The van der Waals surface area contributed by atoms with Gasteiger partial charge < -0.3 is 14.8 Å². The number of benzene rings is 2. The van der Waals surface area contributed by atoms with Gasteiger partial charge in [0.2, 0.25) is 0 Å². The summed E-state index contributed by atoms with van der Waals surface area (Å²) in [7, 11) is 0. The van der Waals surface area contributed by atoms with Crippen molar-refractivity contribution >= 4 is 17.6 Å². The molecule has 0 unspecified atom stereocenters. The van der Waals surface area contributed by atoms with Crippen molar-refractivity contribution in [3.05, 3.63) is 70.3 Å². The van der Waals surface area contributed by atoms with Gasteiger partial charge in [-0.25, -0.2) is 4.79 Å². The van der Waals surface area contributed by atoms with Crippen molar-refractivity contribution in [3.8, 4) is 5.75 Å². The maximum absolute atomic E-state index is 12.4. The van der Waals surface area contributed by atoms with Gasteiger partial charge in [-0.3, -0.25) is 14.9 Å². The minimum atomic E-state index is -0.829. The van der Waals surface area contributed by atoms with Crippen molar-refractivity contribution in [1.82, 2.24) is 5.32 Å². The van der Waals surface area contributed by atoms with Crippen LogP contribution in [0.3, 0.4) is 0 Å². The Hall–Kier alpha value is -3.42. The first-order valence-electron chi connectivity index (χ1n) is 8.74. The van der Waals surface area contributed by atoms with Gasteiger partial charge in [0, 0.05) is 12.1 Å². The number of carbonyl (C=O) groups is 2. The molecule has 0 saturated carbocycles. The van der Waals surface area contributed by atoms with Gasteiger partial charge >= 0.3 is 5.97 Å². The third-order valence-corrected chi connectivity index (χ3v) is 3.88. The zero-order chi connectivity index (χ0) is 20.5. The van der Waals surface area contributed by atoms with Gasteiger partial charge in [-0.05, 0) is 35.7 Å². The van der Waals surface area contributed by atoms with Gasteiger partial charge in [-0.1, -0.05) is 32.0 Å². The van der Waals surface area contributed by atoms with Crippen LogP contribution < -0.4 is 10.1 Å². The summed E-state index contributed by atoms with van der Waals surface area (Å²) in [6.07, 6.45) is 0. The minimum Gasteiger partial charge on any atom is -0.484 e. The monoisotopic (exact) mass is 386 g/mol. The molecule has 1 atom stereocenters. The molecule has 0 aliphatic heterocycles. The molecule has 2 aromatic carbocycles. The van der Waals surface area contributed by atoms with E-state index in [4.69, 9.17) is 9.47 Å². The molecule has 0 fully saturated rings. The van der Waals surface area contributed by atoms with Crippen LogP contribution >= 0.6 is 0 Å². The SMILES string of the molecule is CC(C)[C@H](NC(=O)COc1ccccc1)C(=O)OCc1ccc([N+](=O)[O-])cc1. The molecule has 148 valence electrons. The van der Waals surface area contributed by atoms with Crippen molar-refractivity contribution < 1.29 is 24.0 Å². The van der Waals surface area contributed by atoms with E-state index in [1.54, 1.807) is 38.1 Å². The van der Waals surface area contributed by atoms with Gasteiger partial charge in [0.25, 0.3) is 11.6 Å². The highest BCUT2D eigenvalue weighted by molar-refractivity contribution is 5.85. The van der Waals surface area contributed by atoms with Crippen molar-refractivity contribution in [3.63, 3.8) is 0 Å². The Balaban J connectivity index is 1.86. The standard InChI is InChI=1S/C20H22N2O6/c1-14(2)19(21-18(23)13-27-17-6-4-3-5-7-17)20(24)28-12-15-8-10-16(11-9-15)22(25)26/h3-11,14,19H,12-13H2,1-2H3,(H,21,23)/t19-/m0/s1. The predicted molar refractivity (Wildman–Crippen MR) is 102 cm³/mol. The summed E-state index contributed by atoms with van der Waals surface area (Å²) in [5, 5.41) is 13.3. The van der Waals surface area contributed by atoms with Crippen LogP contribution in [0.2, 0.25) is 0 Å². The zero-order valence-electron chi connectivity index (χ0n) is 15.7. The molecule has 0 aliphatic rings. The third-order valence-electron chi connectivity index (χ3n) is 3.88. The summed E-state index contributed by atoms with van der Waals surface area (Å²) in [6, 6.07) is 13.8. The number of amides is 1. The molecule has 2 rings (SSSR count). The molecular formula is C20H22N2O6. The van der Waals surface area contributed by atoms with Crippen molar-refractivity contribution in [1.29, 1.82) is 0 Å². The highest BCUT2D eigenvalue weighted by atomic mass is 16.6. The molecule has 0 aromatic heterocycles. The highest BCUT2D eigenvalue weighted by Gasteiger charge is 2.26. The lowest BCUT2D eigenvalue weighted by Crippen LogP contribution is -2.46. The average molecular weight is 386 g/mol. The summed E-state index contributed by atoms with van der Waals surface area (Å²) in [6.45, 7) is 3.31. The Morgan fingerprint density at radius 1 is 1.07 bits per heavy atom. The fourth-order valence-electron chi connectivity index (χ4n) is 2.34. The third kappa shape index (κ3) is 6.39. The number of nitro benzene ring substituents is 1. The second kappa shape index (κ2) is 10.1. The van der Waals surface area contributed by atoms with Crippen LogP contribution in [0.5, 0.6) is 5.75 Å². The molecule has 0 saturated heterocycles. The molecule has 0 spiro atoms. The fourth-order valence-corrected chi connectivity index (χ4v) is 2.34. The summed E-state index contributed by atoms with van der Waals surface area (Å²) in [5.41, 5.74) is 0.570. The van der Waals surface area contributed by atoms with E-state index in [-0.39, 0.29) is 24.8 Å². The van der Waals surface area contributed by atoms with Crippen molar-refractivity contribution in [2.24, 2.45) is 5.92 Å². The molecule has 2 aromatic rings. The number of ether oxygens (including phenoxy) is 2. The largest absolute Gasteiger partial charge is 0.484 e. The average Bonchev–Trinajstić information content (AvgIpc) is 2.69. The maximum atomic E-state index is 12.4. The van der Waals surface area contributed by atoms with Crippen LogP contribution in [-0.2, 0) is 20.9 Å². The predicted octanol–water partition coefficient (Wildman–Crippen LogP) is 2.86. The Labute approximate surface area is 162 Å². The molecule has 8 nitrogen and oxygen atoms in total. The zero-order valence-corrected chi connectivity index (χ0v) is 15.7. The number of carbonyl (C=O) groups excluding carboxylic acids is 2. The first kappa shape index (κ1) is 20.9. The number of para-hydroxylation sites is 1. The van der Waals surface area contributed by atoms with Gasteiger partial charge in [0.15, 0.2) is 6.61 Å². The lowest BCUT2D eigenvalue weighted by molar-refractivity contribution is -0.384. The Morgan fingerprint density at radius 2 is 1.71 bits per heavy atom. The molecule has 0 bridgehead atoms. The number of rotatable bonds is 9. The van der Waals surface area contributed by atoms with E-state index in [0.717, 1.165) is 0 Å². The molecule has 0 aliphatic carbocycles. The molecule has 1 amide bonds. The van der Waals surface area contributed by atoms with E-state index in [1.807, 2.05) is 6.07 Å². The van der Waals surface area contributed by atoms with Crippen LogP contribution in [-0.4, -0.2) is 29.4 Å². The number of esters is 1. The van der Waals surface area contributed by atoms with Crippen LogP contribution in [0, 0.1) is 16.0 Å². The number of hydrogen-bond donors (Lipinski definition) is 1. The van der Waals surface area contributed by atoms with E-state index in [9.17, 15) is 19.7 Å². The van der Waals surface area contributed by atoms with Crippen LogP contribution in [0.4, 0.5) is 5.69 Å². The van der Waals surface area contributed by atoms with Crippen LogP contribution in [0.1, 0.15) is 19.4 Å². The van der Waals surface area contributed by atoms with Crippen molar-refractivity contribution in [2.45, 2.75) is 26.5 Å². The van der Waals surface area contributed by atoms with E-state index >= 15 is 0 Å². The maximum Gasteiger partial charge on any atom is 0.329 e. The van der Waals surface area contributed by atoms with Crippen LogP contribution in [0.25, 0.3) is 0 Å². The molecule has 0 radical (unpaired) electrons. The van der Waals surface area contributed by atoms with Crippen LogP contribution in [0.15, 0.2) is 54.6 Å². The Bertz CT molecular complexity index is 805. The number of nitrogens with one attached hydrogen (secondary N) is 1. The topological polar surface area (TPSA) is 108 Å². The second-order valence-electron chi connectivity index (χ2n) is 6.42. The number of nitro groups is 1. The normalized spacial score (nSPS) is 11.5. The summed E-state index contributed by atoms with van der Waals surface area (Å²) in [5.74, 6) is -0.652. The molecule has 1 N–H and O–H groups in total. The molecular weight excluding hydrogens is 364 g/mol. The summed E-state index contributed by atoms with van der Waals surface area (Å²) < 4.78 is 10.6. The van der Waals surface area contributed by atoms with E-state index in [0.29, 0.717) is 11.3 Å². The Morgan fingerprint density at radius 3 is 2.29 bits per heavy atom. The lowest BCUT2D eigenvalue weighted by Gasteiger charge is -2.21. The van der Waals surface area contributed by atoms with Gasteiger partial charge in [0.1, 0.15) is 18.4 Å². The fraction of sp³-hybridized carbons (Fsp3) is 0.300. The van der Waals surface area contributed by atoms with Crippen molar-refractivity contribution in [2.75, 3.05) is 6.61 Å². The molecule has 0 heterocycles. The van der Waals surface area contributed by atoms with Gasteiger partial charge in [-0.15, -0.1) is 0 Å². The summed E-state index contributed by atoms with van der Waals surface area (Å²) in [4.78, 5) is 34.6. The Kier molecular flexibility index (Phi) is 7.50. The lowest BCUT2D eigenvalue weighted by atomic mass is 10.0. The quantitative estimate of drug-likeness (QED) is 0.403. The minimum absolute atomic E-state index is 0.0409. The smallest absolute Gasteiger partial charge is 0.329 e. The van der Waals surface area contributed by atoms with Gasteiger partial charge in [0.05, 0.1) is 4.92 Å². The first-order valence-corrected chi connectivity index (χ1v) is 8.74. The molecule has 8 heteroatoms. The number of nitrogens with zero attached hydrogens (tertiary/aromatic N) is 1. The number of non-ortho nitro benzene ring substituents is 1. The van der Waals surface area contributed by atoms with Gasteiger partial charge in [-0.2, -0.15) is 0 Å². The summed E-state index contributed by atoms with van der Waals surface area (Å²) >= 11 is 0. The van der Waals surface area contributed by atoms with E-state index in [2.05, 4.69) is 5.32 Å². The highest BCUT2D eigenvalue weighted by Crippen LogP contribution is 2.14. The van der Waals surface area contributed by atoms with E-state index < -0.39 is 22.8 Å².